The highest BCUT2D eigenvalue weighted by Gasteiger charge is 2.11. The molecule has 1 amide bonds. The maximum Gasteiger partial charge on any atom is 0.253 e. The summed E-state index contributed by atoms with van der Waals surface area (Å²) in [5.41, 5.74) is 2.88. The Labute approximate surface area is 154 Å². The number of hydrogen-bond donors (Lipinski definition) is 2. The summed E-state index contributed by atoms with van der Waals surface area (Å²) in [5, 5.41) is 5.20. The molecule has 0 saturated carbocycles. The molecule has 25 heavy (non-hydrogen) atoms. The van der Waals surface area contributed by atoms with E-state index in [1.165, 1.54) is 10.9 Å². The van der Waals surface area contributed by atoms with Crippen LogP contribution in [0, 0.1) is 0 Å². The van der Waals surface area contributed by atoms with E-state index < -0.39 is 0 Å². The summed E-state index contributed by atoms with van der Waals surface area (Å²) in [6.07, 6.45) is 4.76. The van der Waals surface area contributed by atoms with Crippen molar-refractivity contribution in [3.63, 3.8) is 0 Å². The van der Waals surface area contributed by atoms with Crippen molar-refractivity contribution in [1.29, 1.82) is 0 Å². The van der Waals surface area contributed by atoms with Gasteiger partial charge < -0.3 is 14.9 Å². The monoisotopic (exact) mass is 395 g/mol. The topological polar surface area (TPSA) is 49.8 Å². The zero-order valence-corrected chi connectivity index (χ0v) is 15.2. The van der Waals surface area contributed by atoms with Crippen molar-refractivity contribution in [2.45, 2.75) is 13.0 Å². The summed E-state index contributed by atoms with van der Waals surface area (Å²) in [5.74, 6) is -0.0401. The molecule has 2 N–H and O–H groups in total. The van der Waals surface area contributed by atoms with Crippen LogP contribution in [-0.2, 0) is 6.54 Å². The number of halogens is 1. The van der Waals surface area contributed by atoms with Gasteiger partial charge in [-0.15, -0.1) is 0 Å². The maximum atomic E-state index is 12.5. The number of para-hydroxylation sites is 1. The standard InChI is InChI=1S/C20H18BrN3O/c21-15-6-7-18-16(12-15)17(13-23-18)20(25)22-9-3-10-24-11-8-14-4-1-2-5-19(14)24/h1-2,4-8,11-13,23H,3,9-10H2,(H,22,25). The van der Waals surface area contributed by atoms with Crippen molar-refractivity contribution < 1.29 is 4.79 Å². The molecule has 0 atom stereocenters. The van der Waals surface area contributed by atoms with Crippen LogP contribution in [0.4, 0.5) is 0 Å². The van der Waals surface area contributed by atoms with E-state index in [1.54, 1.807) is 6.20 Å². The average molecular weight is 396 g/mol. The van der Waals surface area contributed by atoms with E-state index in [1.807, 2.05) is 24.3 Å². The molecular formula is C20H18BrN3O. The van der Waals surface area contributed by atoms with Crippen LogP contribution in [0.25, 0.3) is 21.8 Å². The predicted molar refractivity (Wildman–Crippen MR) is 105 cm³/mol. The van der Waals surface area contributed by atoms with Crippen molar-refractivity contribution >= 4 is 43.6 Å². The number of nitrogens with one attached hydrogen (secondary N) is 2. The van der Waals surface area contributed by atoms with Gasteiger partial charge in [-0.3, -0.25) is 4.79 Å². The van der Waals surface area contributed by atoms with Gasteiger partial charge in [0.2, 0.25) is 0 Å². The number of benzene rings is 2. The van der Waals surface area contributed by atoms with Gasteiger partial charge in [-0.25, -0.2) is 0 Å². The van der Waals surface area contributed by atoms with Gasteiger partial charge in [0.25, 0.3) is 5.91 Å². The summed E-state index contributed by atoms with van der Waals surface area (Å²) in [4.78, 5) is 15.6. The molecule has 0 unspecified atom stereocenters. The molecule has 4 aromatic rings. The molecule has 2 heterocycles. The lowest BCUT2D eigenvalue weighted by Crippen LogP contribution is -2.25. The first-order valence-corrected chi connectivity index (χ1v) is 9.10. The average Bonchev–Trinajstić information content (AvgIpc) is 3.22. The third-order valence-electron chi connectivity index (χ3n) is 4.43. The van der Waals surface area contributed by atoms with Crippen molar-refractivity contribution in [2.24, 2.45) is 0 Å². The number of nitrogens with zero attached hydrogens (tertiary/aromatic N) is 1. The van der Waals surface area contributed by atoms with Gasteiger partial charge in [0.05, 0.1) is 5.56 Å². The Morgan fingerprint density at radius 3 is 2.96 bits per heavy atom. The van der Waals surface area contributed by atoms with Gasteiger partial charge in [0, 0.05) is 46.4 Å². The molecule has 2 aromatic heterocycles. The van der Waals surface area contributed by atoms with Crippen molar-refractivity contribution in [3.05, 3.63) is 71.0 Å². The predicted octanol–water partition coefficient (Wildman–Crippen LogP) is 4.71. The molecule has 0 spiro atoms. The van der Waals surface area contributed by atoms with Gasteiger partial charge >= 0.3 is 0 Å². The SMILES string of the molecule is O=C(NCCCn1ccc2ccccc21)c1c[nH]c2ccc(Br)cc12. The first kappa shape index (κ1) is 16.0. The van der Waals surface area contributed by atoms with Crippen LogP contribution in [0.5, 0.6) is 0 Å². The molecule has 5 heteroatoms. The third-order valence-corrected chi connectivity index (χ3v) is 4.92. The van der Waals surface area contributed by atoms with Crippen molar-refractivity contribution in [2.75, 3.05) is 6.54 Å². The van der Waals surface area contributed by atoms with Gasteiger partial charge in [-0.1, -0.05) is 34.1 Å². The molecule has 0 aliphatic rings. The Balaban J connectivity index is 1.38. The van der Waals surface area contributed by atoms with E-state index in [2.05, 4.69) is 61.3 Å². The summed E-state index contributed by atoms with van der Waals surface area (Å²) >= 11 is 3.46. The normalized spacial score (nSPS) is 11.2. The van der Waals surface area contributed by atoms with Crippen LogP contribution < -0.4 is 5.32 Å². The van der Waals surface area contributed by atoms with Crippen molar-refractivity contribution in [3.8, 4) is 0 Å². The van der Waals surface area contributed by atoms with Gasteiger partial charge in [-0.05, 0) is 42.1 Å². The zero-order valence-electron chi connectivity index (χ0n) is 13.6. The number of amides is 1. The molecule has 2 aromatic carbocycles. The van der Waals surface area contributed by atoms with E-state index in [-0.39, 0.29) is 5.91 Å². The van der Waals surface area contributed by atoms with E-state index in [4.69, 9.17) is 0 Å². The fourth-order valence-corrected chi connectivity index (χ4v) is 3.52. The first-order chi connectivity index (χ1) is 12.2. The quantitative estimate of drug-likeness (QED) is 0.472. The largest absolute Gasteiger partial charge is 0.360 e. The van der Waals surface area contributed by atoms with Gasteiger partial charge in [0.1, 0.15) is 0 Å². The van der Waals surface area contributed by atoms with Crippen LogP contribution >= 0.6 is 15.9 Å². The molecule has 0 radical (unpaired) electrons. The Hall–Kier alpha value is -2.53. The van der Waals surface area contributed by atoms with Crippen molar-refractivity contribution in [1.82, 2.24) is 14.9 Å². The van der Waals surface area contributed by atoms with E-state index in [0.717, 1.165) is 28.3 Å². The van der Waals surface area contributed by atoms with Crippen LogP contribution in [0.15, 0.2) is 65.4 Å². The van der Waals surface area contributed by atoms with Gasteiger partial charge in [-0.2, -0.15) is 0 Å². The Morgan fingerprint density at radius 2 is 2.04 bits per heavy atom. The number of aryl methyl sites for hydroxylation is 1. The highest BCUT2D eigenvalue weighted by molar-refractivity contribution is 9.10. The summed E-state index contributed by atoms with van der Waals surface area (Å²) < 4.78 is 3.19. The molecule has 4 rings (SSSR count). The van der Waals surface area contributed by atoms with Crippen LogP contribution in [0.2, 0.25) is 0 Å². The summed E-state index contributed by atoms with van der Waals surface area (Å²) in [7, 11) is 0. The minimum absolute atomic E-state index is 0.0401. The Kier molecular flexibility index (Phi) is 4.32. The lowest BCUT2D eigenvalue weighted by Gasteiger charge is -2.07. The van der Waals surface area contributed by atoms with Crippen LogP contribution in [0.1, 0.15) is 16.8 Å². The second kappa shape index (κ2) is 6.76. The number of aromatic amines is 1. The molecule has 0 fully saturated rings. The third kappa shape index (κ3) is 3.20. The second-order valence-corrected chi connectivity index (χ2v) is 6.99. The fourth-order valence-electron chi connectivity index (χ4n) is 3.16. The number of carbonyl (C=O) groups is 1. The number of H-pyrrole nitrogens is 1. The maximum absolute atomic E-state index is 12.5. The van der Waals surface area contributed by atoms with Gasteiger partial charge in [0.15, 0.2) is 0 Å². The zero-order chi connectivity index (χ0) is 17.2. The molecule has 4 nitrogen and oxygen atoms in total. The first-order valence-electron chi connectivity index (χ1n) is 8.31. The Bertz CT molecular complexity index is 1050. The molecule has 0 saturated heterocycles. The molecule has 0 bridgehead atoms. The van der Waals surface area contributed by atoms with E-state index in [0.29, 0.717) is 12.1 Å². The molecule has 0 aliphatic heterocycles. The lowest BCUT2D eigenvalue weighted by molar-refractivity contribution is 0.0954. The highest BCUT2D eigenvalue weighted by Crippen LogP contribution is 2.22. The minimum atomic E-state index is -0.0401. The lowest BCUT2D eigenvalue weighted by atomic mass is 10.1. The van der Waals surface area contributed by atoms with E-state index >= 15 is 0 Å². The molecular weight excluding hydrogens is 378 g/mol. The fraction of sp³-hybridized carbons (Fsp3) is 0.150. The number of rotatable bonds is 5. The minimum Gasteiger partial charge on any atom is -0.360 e. The van der Waals surface area contributed by atoms with Crippen LogP contribution in [-0.4, -0.2) is 22.0 Å². The van der Waals surface area contributed by atoms with E-state index in [9.17, 15) is 4.79 Å². The summed E-state index contributed by atoms with van der Waals surface area (Å²) in [6.45, 7) is 1.53. The highest BCUT2D eigenvalue weighted by atomic mass is 79.9. The Morgan fingerprint density at radius 1 is 1.16 bits per heavy atom. The summed E-state index contributed by atoms with van der Waals surface area (Å²) in [6, 6.07) is 16.3. The molecule has 126 valence electrons. The molecule has 0 aliphatic carbocycles. The number of hydrogen-bond acceptors (Lipinski definition) is 1. The number of fused-ring (bicyclic) bond motifs is 2. The number of carbonyl (C=O) groups excluding carboxylic acids is 1. The second-order valence-electron chi connectivity index (χ2n) is 6.07. The number of aromatic nitrogens is 2. The van der Waals surface area contributed by atoms with Crippen LogP contribution in [0.3, 0.4) is 0 Å². The smallest absolute Gasteiger partial charge is 0.253 e.